The second-order valence-electron chi connectivity index (χ2n) is 7.01. The Hall–Kier alpha value is -0.0800. The van der Waals surface area contributed by atoms with Crippen LogP contribution in [0.2, 0.25) is 0 Å². The Labute approximate surface area is 121 Å². The predicted molar refractivity (Wildman–Crippen MR) is 85.6 cm³/mol. The molecule has 1 rings (SSSR count). The molecule has 0 aromatic carbocycles. The lowest BCUT2D eigenvalue weighted by molar-refractivity contribution is 0.158. The second kappa shape index (κ2) is 7.64. The first-order valence-corrected chi connectivity index (χ1v) is 8.46. The summed E-state index contributed by atoms with van der Waals surface area (Å²) in [6.07, 6.45) is 6.60. The second-order valence-corrected chi connectivity index (χ2v) is 7.01. The molecule has 0 amide bonds. The van der Waals surface area contributed by atoms with Crippen molar-refractivity contribution >= 4 is 0 Å². The quantitative estimate of drug-likeness (QED) is 0.638. The number of nitrogens with one attached hydrogen (secondary N) is 1. The van der Waals surface area contributed by atoms with Crippen molar-refractivity contribution in [3.05, 3.63) is 0 Å². The molecule has 0 aromatic rings. The molecule has 0 saturated carbocycles. The van der Waals surface area contributed by atoms with Gasteiger partial charge in [0.2, 0.25) is 0 Å². The SMILES string of the molecule is CCCNCC(C)(CC)CN1CCC(CC)(CC)C1. The molecular weight excluding hydrogens is 232 g/mol. The Kier molecular flexibility index (Phi) is 6.82. The Balaban J connectivity index is 2.48. The van der Waals surface area contributed by atoms with E-state index in [4.69, 9.17) is 0 Å². The van der Waals surface area contributed by atoms with Crippen LogP contribution in [0.15, 0.2) is 0 Å². The highest BCUT2D eigenvalue weighted by Gasteiger charge is 2.37. The van der Waals surface area contributed by atoms with Crippen molar-refractivity contribution in [2.75, 3.05) is 32.7 Å². The van der Waals surface area contributed by atoms with Gasteiger partial charge in [-0.25, -0.2) is 0 Å². The number of hydrogen-bond donors (Lipinski definition) is 1. The van der Waals surface area contributed by atoms with Crippen molar-refractivity contribution in [3.8, 4) is 0 Å². The van der Waals surface area contributed by atoms with Crippen LogP contribution in [0, 0.1) is 10.8 Å². The number of nitrogens with zero attached hydrogens (tertiary/aromatic N) is 1. The molecule has 1 aliphatic rings. The number of likely N-dealkylation sites (tertiary alicyclic amines) is 1. The minimum Gasteiger partial charge on any atom is -0.316 e. The van der Waals surface area contributed by atoms with E-state index < -0.39 is 0 Å². The zero-order valence-corrected chi connectivity index (χ0v) is 14.0. The summed E-state index contributed by atoms with van der Waals surface area (Å²) in [4.78, 5) is 2.73. The minimum absolute atomic E-state index is 0.437. The highest BCUT2D eigenvalue weighted by Crippen LogP contribution is 2.38. The molecule has 0 spiro atoms. The van der Waals surface area contributed by atoms with Gasteiger partial charge in [0.05, 0.1) is 0 Å². The zero-order chi connectivity index (χ0) is 14.4. The number of hydrogen-bond acceptors (Lipinski definition) is 2. The van der Waals surface area contributed by atoms with E-state index >= 15 is 0 Å². The lowest BCUT2D eigenvalue weighted by Gasteiger charge is -2.34. The van der Waals surface area contributed by atoms with Crippen molar-refractivity contribution in [2.45, 2.75) is 66.7 Å². The summed E-state index contributed by atoms with van der Waals surface area (Å²) in [5.41, 5.74) is 1.05. The van der Waals surface area contributed by atoms with Crippen molar-refractivity contribution in [1.29, 1.82) is 0 Å². The van der Waals surface area contributed by atoms with E-state index in [1.165, 1.54) is 58.3 Å². The molecule has 1 saturated heterocycles. The summed E-state index contributed by atoms with van der Waals surface area (Å²) in [5, 5.41) is 3.62. The summed E-state index contributed by atoms with van der Waals surface area (Å²) in [7, 11) is 0. The van der Waals surface area contributed by atoms with E-state index in [2.05, 4.69) is 44.8 Å². The molecule has 1 atom stereocenters. The molecule has 0 radical (unpaired) electrons. The topological polar surface area (TPSA) is 15.3 Å². The van der Waals surface area contributed by atoms with Crippen molar-refractivity contribution in [1.82, 2.24) is 10.2 Å². The highest BCUT2D eigenvalue weighted by molar-refractivity contribution is 4.91. The maximum atomic E-state index is 3.62. The normalized spacial score (nSPS) is 22.6. The van der Waals surface area contributed by atoms with Crippen LogP contribution in [-0.2, 0) is 0 Å². The van der Waals surface area contributed by atoms with Gasteiger partial charge >= 0.3 is 0 Å². The molecule has 1 N–H and O–H groups in total. The summed E-state index contributed by atoms with van der Waals surface area (Å²) in [5.74, 6) is 0. The predicted octanol–water partition coefficient (Wildman–Crippen LogP) is 3.91. The van der Waals surface area contributed by atoms with Gasteiger partial charge in [-0.1, -0.05) is 34.6 Å². The molecule has 1 unspecified atom stereocenters. The molecule has 1 fully saturated rings. The molecule has 0 bridgehead atoms. The highest BCUT2D eigenvalue weighted by atomic mass is 15.2. The standard InChI is InChI=1S/C17H36N2/c1-6-11-18-13-16(5,7-2)14-19-12-10-17(8-3,9-4)15-19/h18H,6-15H2,1-5H3. The fraction of sp³-hybridized carbons (Fsp3) is 1.00. The number of rotatable bonds is 9. The Morgan fingerprint density at radius 1 is 1.16 bits per heavy atom. The summed E-state index contributed by atoms with van der Waals surface area (Å²) < 4.78 is 0. The van der Waals surface area contributed by atoms with Gasteiger partial charge in [0, 0.05) is 19.6 Å². The third kappa shape index (κ3) is 4.75. The largest absolute Gasteiger partial charge is 0.316 e. The van der Waals surface area contributed by atoms with Crippen LogP contribution < -0.4 is 5.32 Å². The van der Waals surface area contributed by atoms with Gasteiger partial charge in [-0.2, -0.15) is 0 Å². The zero-order valence-electron chi connectivity index (χ0n) is 14.0. The third-order valence-electron chi connectivity index (χ3n) is 5.45. The van der Waals surface area contributed by atoms with Crippen LogP contribution in [0.4, 0.5) is 0 Å². The van der Waals surface area contributed by atoms with Crippen LogP contribution in [0.1, 0.15) is 66.7 Å². The van der Waals surface area contributed by atoms with E-state index in [1.807, 2.05) is 0 Å². The lowest BCUT2D eigenvalue weighted by Crippen LogP contribution is -2.42. The van der Waals surface area contributed by atoms with Crippen LogP contribution in [-0.4, -0.2) is 37.6 Å². The van der Waals surface area contributed by atoms with Gasteiger partial charge in [-0.3, -0.25) is 0 Å². The Morgan fingerprint density at radius 2 is 1.84 bits per heavy atom. The van der Waals surface area contributed by atoms with Gasteiger partial charge in [-0.05, 0) is 56.0 Å². The van der Waals surface area contributed by atoms with E-state index in [9.17, 15) is 0 Å². The van der Waals surface area contributed by atoms with Crippen LogP contribution in [0.25, 0.3) is 0 Å². The minimum atomic E-state index is 0.437. The van der Waals surface area contributed by atoms with Gasteiger partial charge < -0.3 is 10.2 Å². The average molecular weight is 268 g/mol. The maximum Gasteiger partial charge on any atom is 0.00476 e. The first kappa shape index (κ1) is 17.0. The van der Waals surface area contributed by atoms with Crippen LogP contribution in [0.5, 0.6) is 0 Å². The monoisotopic (exact) mass is 268 g/mol. The van der Waals surface area contributed by atoms with Gasteiger partial charge in [-0.15, -0.1) is 0 Å². The molecule has 0 aliphatic carbocycles. The first-order chi connectivity index (χ1) is 9.03. The molecule has 1 heterocycles. The van der Waals surface area contributed by atoms with Crippen LogP contribution >= 0.6 is 0 Å². The summed E-state index contributed by atoms with van der Waals surface area (Å²) in [6, 6.07) is 0. The summed E-state index contributed by atoms with van der Waals surface area (Å²) >= 11 is 0. The van der Waals surface area contributed by atoms with Crippen molar-refractivity contribution in [2.24, 2.45) is 10.8 Å². The Bertz CT molecular complexity index is 248. The fourth-order valence-electron chi connectivity index (χ4n) is 3.39. The molecular formula is C17H36N2. The molecule has 1 aliphatic heterocycles. The van der Waals surface area contributed by atoms with E-state index in [0.29, 0.717) is 10.8 Å². The smallest absolute Gasteiger partial charge is 0.00476 e. The lowest BCUT2D eigenvalue weighted by atomic mass is 9.81. The molecule has 0 aromatic heterocycles. The van der Waals surface area contributed by atoms with Crippen LogP contribution in [0.3, 0.4) is 0 Å². The summed E-state index contributed by atoms with van der Waals surface area (Å²) in [6.45, 7) is 18.0. The van der Waals surface area contributed by atoms with E-state index in [0.717, 1.165) is 6.54 Å². The molecule has 114 valence electrons. The Morgan fingerprint density at radius 3 is 2.32 bits per heavy atom. The van der Waals surface area contributed by atoms with Gasteiger partial charge in [0.1, 0.15) is 0 Å². The van der Waals surface area contributed by atoms with E-state index in [1.54, 1.807) is 0 Å². The molecule has 2 heteroatoms. The van der Waals surface area contributed by atoms with Gasteiger partial charge in [0.15, 0.2) is 0 Å². The fourth-order valence-corrected chi connectivity index (χ4v) is 3.39. The first-order valence-electron chi connectivity index (χ1n) is 8.46. The van der Waals surface area contributed by atoms with Crippen molar-refractivity contribution < 1.29 is 0 Å². The molecule has 19 heavy (non-hydrogen) atoms. The maximum absolute atomic E-state index is 3.62. The van der Waals surface area contributed by atoms with Gasteiger partial charge in [0.25, 0.3) is 0 Å². The van der Waals surface area contributed by atoms with E-state index in [-0.39, 0.29) is 0 Å². The molecule has 2 nitrogen and oxygen atoms in total. The third-order valence-corrected chi connectivity index (χ3v) is 5.45. The average Bonchev–Trinajstić information content (AvgIpc) is 2.83. The van der Waals surface area contributed by atoms with Crippen molar-refractivity contribution in [3.63, 3.8) is 0 Å².